The van der Waals surface area contributed by atoms with Crippen molar-refractivity contribution >= 4 is 5.78 Å². The highest BCUT2D eigenvalue weighted by Gasteiger charge is 2.09. The van der Waals surface area contributed by atoms with E-state index in [4.69, 9.17) is 4.42 Å². The lowest BCUT2D eigenvalue weighted by Gasteiger charge is -1.75. The van der Waals surface area contributed by atoms with Crippen molar-refractivity contribution in [1.29, 1.82) is 0 Å². The second kappa shape index (κ2) is 2.36. The third-order valence-electron chi connectivity index (χ3n) is 0.979. The lowest BCUT2D eigenvalue weighted by Crippen LogP contribution is -1.93. The molecule has 0 aromatic heterocycles. The Labute approximate surface area is 49.0 Å². The first-order valence-electron chi connectivity index (χ1n) is 2.52. The first-order chi connectivity index (χ1) is 3.93. The van der Waals surface area contributed by atoms with Crippen molar-refractivity contribution in [3.63, 3.8) is 0 Å². The van der Waals surface area contributed by atoms with Crippen molar-refractivity contribution in [1.82, 2.24) is 0 Å². The molecule has 0 aromatic rings. The van der Waals surface area contributed by atoms with Gasteiger partial charge in [-0.3, -0.25) is 0 Å². The van der Waals surface area contributed by atoms with Gasteiger partial charge in [-0.05, 0) is 0 Å². The number of rotatable bonds is 0. The zero-order chi connectivity index (χ0) is 5.82. The van der Waals surface area contributed by atoms with E-state index >= 15 is 0 Å². The molecule has 0 spiro atoms. The summed E-state index contributed by atoms with van der Waals surface area (Å²) >= 11 is 0. The Morgan fingerprint density at radius 2 is 2.00 bits per heavy atom. The number of ketones is 1. The Kier molecular flexibility index (Phi) is 1.52. The minimum absolute atomic E-state index is 0.910. The Balaban J connectivity index is 2.69. The molecule has 1 aliphatic rings. The molecule has 0 unspecified atom stereocenters. The average molecular weight is 109 g/mol. The van der Waals surface area contributed by atoms with Gasteiger partial charge in [0, 0.05) is 6.42 Å². The molecule has 8 heavy (non-hydrogen) atoms. The van der Waals surface area contributed by atoms with Crippen molar-refractivity contribution in [2.24, 2.45) is 0 Å². The van der Waals surface area contributed by atoms with Crippen molar-refractivity contribution in [3.05, 3.63) is 30.7 Å². The summed E-state index contributed by atoms with van der Waals surface area (Å²) in [6, 6.07) is 0. The van der Waals surface area contributed by atoms with Crippen LogP contribution in [0.5, 0.6) is 0 Å². The van der Waals surface area contributed by atoms with E-state index in [1.54, 1.807) is 7.11 Å². The molecule has 0 bridgehead atoms. The SMILES string of the molecule is [13CH3][O+]=C1C=C[CH+]C=C1. The molecular formula is C7H8O+2. The van der Waals surface area contributed by atoms with Crippen LogP contribution in [0.25, 0.3) is 0 Å². The average Bonchev–Trinajstić information content (AvgIpc) is 1.90. The molecule has 40 valence electrons. The Bertz CT molecular complexity index is 138. The van der Waals surface area contributed by atoms with E-state index in [-0.39, 0.29) is 0 Å². The lowest BCUT2D eigenvalue weighted by molar-refractivity contribution is -0.417. The maximum absolute atomic E-state index is 4.91. The Morgan fingerprint density at radius 3 is 2.38 bits per heavy atom. The first-order valence-corrected chi connectivity index (χ1v) is 2.52. The van der Waals surface area contributed by atoms with Gasteiger partial charge in [0.15, 0.2) is 0 Å². The third-order valence-corrected chi connectivity index (χ3v) is 0.979. The Hall–Kier alpha value is -0.980. The standard InChI is InChI=1S/C7H8O/c1-8-7-5-3-2-4-6-7/h2-6H,1H3/q+2/i1+1. The van der Waals surface area contributed by atoms with Gasteiger partial charge in [0.2, 0.25) is 0 Å². The van der Waals surface area contributed by atoms with Gasteiger partial charge in [0.1, 0.15) is 12.2 Å². The van der Waals surface area contributed by atoms with E-state index in [1.165, 1.54) is 0 Å². The van der Waals surface area contributed by atoms with E-state index in [0.29, 0.717) is 0 Å². The molecule has 0 amide bonds. The van der Waals surface area contributed by atoms with Crippen LogP contribution in [0.2, 0.25) is 0 Å². The molecule has 1 aliphatic carbocycles. The molecule has 1 heteroatoms. The first kappa shape index (κ1) is 5.16. The summed E-state index contributed by atoms with van der Waals surface area (Å²) in [6.45, 7) is 0. The molecule has 0 saturated heterocycles. The molecule has 0 aromatic carbocycles. The highest BCUT2D eigenvalue weighted by Crippen LogP contribution is 1.93. The largest absolute Gasteiger partial charge is 0.448 e. The van der Waals surface area contributed by atoms with Crippen LogP contribution in [0.4, 0.5) is 0 Å². The minimum atomic E-state index is 0.910. The van der Waals surface area contributed by atoms with E-state index < -0.39 is 0 Å². The zero-order valence-electron chi connectivity index (χ0n) is 4.79. The summed E-state index contributed by atoms with van der Waals surface area (Å²) in [5.41, 5.74) is 0. The van der Waals surface area contributed by atoms with Crippen molar-refractivity contribution in [2.75, 3.05) is 7.11 Å². The molecule has 1 nitrogen and oxygen atoms in total. The van der Waals surface area contributed by atoms with E-state index in [1.807, 2.05) is 30.7 Å². The fourth-order valence-electron chi connectivity index (χ4n) is 0.557. The summed E-state index contributed by atoms with van der Waals surface area (Å²) in [5, 5.41) is 0. The molecule has 0 aliphatic heterocycles. The second-order valence-corrected chi connectivity index (χ2v) is 1.52. The quantitative estimate of drug-likeness (QED) is 0.250. The molecule has 0 atom stereocenters. The summed E-state index contributed by atoms with van der Waals surface area (Å²) in [5.74, 6) is 0.910. The van der Waals surface area contributed by atoms with Crippen LogP contribution >= 0.6 is 0 Å². The van der Waals surface area contributed by atoms with Crippen LogP contribution in [0, 0.1) is 6.42 Å². The van der Waals surface area contributed by atoms with Crippen molar-refractivity contribution < 1.29 is 4.42 Å². The van der Waals surface area contributed by atoms with E-state index in [2.05, 4.69) is 0 Å². The number of hydrogen-bond donors (Lipinski definition) is 0. The normalized spacial score (nSPS) is 15.9. The topological polar surface area (TPSA) is 11.3 Å². The van der Waals surface area contributed by atoms with Gasteiger partial charge < -0.3 is 0 Å². The van der Waals surface area contributed by atoms with Crippen LogP contribution in [0.3, 0.4) is 0 Å². The zero-order valence-corrected chi connectivity index (χ0v) is 4.79. The van der Waals surface area contributed by atoms with Crippen LogP contribution in [-0.4, -0.2) is 12.9 Å². The fourth-order valence-corrected chi connectivity index (χ4v) is 0.557. The maximum Gasteiger partial charge on any atom is 0.448 e. The summed E-state index contributed by atoms with van der Waals surface area (Å²) < 4.78 is 4.91. The van der Waals surface area contributed by atoms with Gasteiger partial charge in [-0.2, -0.15) is 0 Å². The summed E-state index contributed by atoms with van der Waals surface area (Å²) in [7, 11) is 1.66. The van der Waals surface area contributed by atoms with Gasteiger partial charge in [-0.15, -0.1) is 0 Å². The molecular weight excluding hydrogens is 101 g/mol. The molecule has 0 fully saturated rings. The summed E-state index contributed by atoms with van der Waals surface area (Å²) in [6.07, 6.45) is 9.68. The monoisotopic (exact) mass is 109 g/mol. The van der Waals surface area contributed by atoms with E-state index in [9.17, 15) is 0 Å². The highest BCUT2D eigenvalue weighted by molar-refractivity contribution is 6.00. The fraction of sp³-hybridized carbons (Fsp3) is 0.143. The minimum Gasteiger partial charge on any atom is -0.233 e. The predicted octanol–water partition coefficient (Wildman–Crippen LogP) is 1.05. The van der Waals surface area contributed by atoms with Crippen molar-refractivity contribution in [3.8, 4) is 0 Å². The van der Waals surface area contributed by atoms with Crippen LogP contribution in [0.15, 0.2) is 24.3 Å². The Morgan fingerprint density at radius 1 is 1.38 bits per heavy atom. The third kappa shape index (κ3) is 0.997. The van der Waals surface area contributed by atoms with Gasteiger partial charge >= 0.3 is 5.78 Å². The number of allylic oxidation sites excluding steroid dienone is 4. The molecule has 0 heterocycles. The van der Waals surface area contributed by atoms with Gasteiger partial charge in [-0.1, -0.05) is 0 Å². The van der Waals surface area contributed by atoms with E-state index in [0.717, 1.165) is 5.78 Å². The van der Waals surface area contributed by atoms with Gasteiger partial charge in [-0.25, -0.2) is 4.42 Å². The predicted molar refractivity (Wildman–Crippen MR) is 33.5 cm³/mol. The van der Waals surface area contributed by atoms with Gasteiger partial charge in [0.25, 0.3) is 7.11 Å². The van der Waals surface area contributed by atoms with Crippen LogP contribution in [-0.2, 0) is 4.42 Å². The molecule has 0 N–H and O–H groups in total. The number of carbonyl (C=O) groups excluding carboxylic acids is 1. The molecule has 0 radical (unpaired) electrons. The molecule has 1 rings (SSSR count). The van der Waals surface area contributed by atoms with Crippen LogP contribution < -0.4 is 0 Å². The summed E-state index contributed by atoms with van der Waals surface area (Å²) in [4.78, 5) is 0. The van der Waals surface area contributed by atoms with Crippen molar-refractivity contribution in [2.45, 2.75) is 0 Å². The maximum atomic E-state index is 4.91. The lowest BCUT2D eigenvalue weighted by atomic mass is 10.2. The van der Waals surface area contributed by atoms with Crippen LogP contribution in [0.1, 0.15) is 0 Å². The highest BCUT2D eigenvalue weighted by atomic mass is 16.4. The number of hydrogen-bond acceptors (Lipinski definition) is 0. The van der Waals surface area contributed by atoms with Gasteiger partial charge in [0.05, 0.1) is 12.2 Å². The molecule has 0 saturated carbocycles. The second-order valence-electron chi connectivity index (χ2n) is 1.52. The smallest absolute Gasteiger partial charge is 0.233 e.